The van der Waals surface area contributed by atoms with Crippen molar-refractivity contribution in [2.45, 2.75) is 61.2 Å². The van der Waals surface area contributed by atoms with Gasteiger partial charge in [0.15, 0.2) is 0 Å². The number of hydrogen-bond donors (Lipinski definition) is 1. The van der Waals surface area contributed by atoms with Crippen molar-refractivity contribution in [1.82, 2.24) is 9.03 Å². The predicted molar refractivity (Wildman–Crippen MR) is 121 cm³/mol. The first-order valence-corrected chi connectivity index (χ1v) is 14.0. The van der Waals surface area contributed by atoms with Crippen LogP contribution in [0, 0.1) is 6.92 Å². The molecule has 0 radical (unpaired) electrons. The Balaban J connectivity index is 1.51. The monoisotopic (exact) mass is 498 g/mol. The fourth-order valence-corrected chi connectivity index (χ4v) is 6.54. The summed E-state index contributed by atoms with van der Waals surface area (Å²) in [5.41, 5.74) is 0. The molecule has 3 heterocycles. The first kappa shape index (κ1) is 24.4. The summed E-state index contributed by atoms with van der Waals surface area (Å²) in [5, 5.41) is 0. The summed E-state index contributed by atoms with van der Waals surface area (Å²) < 4.78 is 72.7. The van der Waals surface area contributed by atoms with Gasteiger partial charge in [-0.1, -0.05) is 0 Å². The van der Waals surface area contributed by atoms with Gasteiger partial charge in [-0.2, -0.15) is 4.31 Å². The lowest BCUT2D eigenvalue weighted by Crippen LogP contribution is -2.37. The van der Waals surface area contributed by atoms with Crippen molar-refractivity contribution >= 4 is 20.0 Å². The number of benzene rings is 1. The van der Waals surface area contributed by atoms with Gasteiger partial charge in [0.2, 0.25) is 20.0 Å². The Morgan fingerprint density at radius 3 is 2.12 bits per heavy atom. The third-order valence-electron chi connectivity index (χ3n) is 5.86. The van der Waals surface area contributed by atoms with Gasteiger partial charge < -0.3 is 13.9 Å². The van der Waals surface area contributed by atoms with Gasteiger partial charge in [0.05, 0.1) is 28.5 Å². The van der Waals surface area contributed by atoms with Gasteiger partial charge in [-0.05, 0) is 69.0 Å². The van der Waals surface area contributed by atoms with Gasteiger partial charge >= 0.3 is 0 Å². The molecule has 11 heteroatoms. The van der Waals surface area contributed by atoms with Crippen LogP contribution in [-0.2, 0) is 36.1 Å². The molecule has 33 heavy (non-hydrogen) atoms. The van der Waals surface area contributed by atoms with Gasteiger partial charge in [0.1, 0.15) is 11.5 Å². The number of nitrogens with one attached hydrogen (secondary N) is 1. The number of hydrogen-bond acceptors (Lipinski definition) is 7. The summed E-state index contributed by atoms with van der Waals surface area (Å²) in [6.45, 7) is 3.52. The van der Waals surface area contributed by atoms with Crippen molar-refractivity contribution in [2.75, 3.05) is 26.3 Å². The van der Waals surface area contributed by atoms with Crippen LogP contribution in [0.5, 0.6) is 0 Å². The first-order chi connectivity index (χ1) is 15.7. The van der Waals surface area contributed by atoms with Crippen LogP contribution < -0.4 is 4.72 Å². The minimum absolute atomic E-state index is 0.00628. The molecule has 0 amide bonds. The molecule has 0 unspecified atom stereocenters. The number of sulfonamides is 2. The molecule has 2 aliphatic heterocycles. The average Bonchev–Trinajstić information content (AvgIpc) is 3.56. The van der Waals surface area contributed by atoms with Gasteiger partial charge in [-0.3, -0.25) is 0 Å². The number of rotatable bonds is 10. The Bertz CT molecular complexity index is 1130. The van der Waals surface area contributed by atoms with Crippen LogP contribution in [0.15, 0.2) is 50.6 Å². The summed E-state index contributed by atoms with van der Waals surface area (Å²) in [7, 11) is -7.68. The van der Waals surface area contributed by atoms with E-state index in [0.717, 1.165) is 25.7 Å². The van der Waals surface area contributed by atoms with E-state index in [2.05, 4.69) is 4.72 Å². The summed E-state index contributed by atoms with van der Waals surface area (Å²) in [6, 6.07) is 8.81. The molecular formula is C22H30N2O7S2. The van der Waals surface area contributed by atoms with Gasteiger partial charge in [-0.15, -0.1) is 0 Å². The SMILES string of the molecule is Cc1ccc(CN(C[C@H]2CCCO2)S(=O)(=O)c2ccc(S(=O)(=O)NC[C@H]3CCCO3)cc2)o1. The standard InChI is InChI=1S/C22H30N2O7S2/c1-17-6-7-20(31-17)16-24(15-19-5-3-13-30-19)33(27,28)22-10-8-21(9-11-22)32(25,26)23-14-18-4-2-12-29-18/h6-11,18-19,23H,2-5,12-16H2,1H3/t18-,19-/m1/s1. The maximum absolute atomic E-state index is 13.4. The zero-order chi connectivity index (χ0) is 23.5. The summed E-state index contributed by atoms with van der Waals surface area (Å²) in [6.07, 6.45) is 3.10. The third-order valence-corrected chi connectivity index (χ3v) is 9.12. The van der Waals surface area contributed by atoms with E-state index >= 15 is 0 Å². The molecule has 0 saturated carbocycles. The highest BCUT2D eigenvalue weighted by Gasteiger charge is 2.30. The van der Waals surface area contributed by atoms with Crippen LogP contribution in [0.4, 0.5) is 0 Å². The number of furan rings is 1. The molecule has 2 saturated heterocycles. The molecule has 1 N–H and O–H groups in total. The number of ether oxygens (including phenoxy) is 2. The normalized spacial score (nSPS) is 21.8. The molecular weight excluding hydrogens is 468 g/mol. The summed E-state index contributed by atoms with van der Waals surface area (Å²) in [5.74, 6) is 1.23. The minimum atomic E-state index is -3.91. The molecule has 1 aromatic carbocycles. The maximum Gasteiger partial charge on any atom is 0.243 e. The Morgan fingerprint density at radius 1 is 0.909 bits per heavy atom. The summed E-state index contributed by atoms with van der Waals surface area (Å²) >= 11 is 0. The van der Waals surface area contributed by atoms with E-state index in [1.54, 1.807) is 19.1 Å². The highest BCUT2D eigenvalue weighted by Crippen LogP contribution is 2.24. The van der Waals surface area contributed by atoms with Gasteiger partial charge in [0, 0.05) is 26.3 Å². The quantitative estimate of drug-likeness (QED) is 0.535. The van der Waals surface area contributed by atoms with Crippen LogP contribution in [0.25, 0.3) is 0 Å². The Morgan fingerprint density at radius 2 is 1.55 bits per heavy atom. The van der Waals surface area contributed by atoms with Crippen molar-refractivity contribution in [3.05, 3.63) is 47.9 Å². The van der Waals surface area contributed by atoms with E-state index in [9.17, 15) is 16.8 Å². The van der Waals surface area contributed by atoms with Crippen LogP contribution in [0.2, 0.25) is 0 Å². The van der Waals surface area contributed by atoms with E-state index in [-0.39, 0.29) is 41.6 Å². The van der Waals surface area contributed by atoms with Crippen LogP contribution in [0.3, 0.4) is 0 Å². The molecule has 2 aliphatic rings. The molecule has 2 atom stereocenters. The number of aryl methyl sites for hydroxylation is 1. The van der Waals surface area contributed by atoms with Crippen molar-refractivity contribution in [1.29, 1.82) is 0 Å². The zero-order valence-electron chi connectivity index (χ0n) is 18.6. The Labute approximate surface area is 195 Å². The second kappa shape index (κ2) is 10.2. The zero-order valence-corrected chi connectivity index (χ0v) is 20.2. The van der Waals surface area contributed by atoms with Crippen molar-refractivity contribution in [3.63, 3.8) is 0 Å². The molecule has 2 aromatic rings. The predicted octanol–water partition coefficient (Wildman–Crippen LogP) is 2.42. The largest absolute Gasteiger partial charge is 0.465 e. The molecule has 0 spiro atoms. The fraction of sp³-hybridized carbons (Fsp3) is 0.545. The molecule has 9 nitrogen and oxygen atoms in total. The highest BCUT2D eigenvalue weighted by molar-refractivity contribution is 7.89. The lowest BCUT2D eigenvalue weighted by Gasteiger charge is -2.24. The van der Waals surface area contributed by atoms with Crippen molar-refractivity contribution < 1.29 is 30.7 Å². The molecule has 1 aromatic heterocycles. The molecule has 182 valence electrons. The minimum Gasteiger partial charge on any atom is -0.465 e. The Hall–Kier alpha value is -1.76. The topological polar surface area (TPSA) is 115 Å². The lowest BCUT2D eigenvalue weighted by molar-refractivity contribution is 0.0913. The first-order valence-electron chi connectivity index (χ1n) is 11.1. The molecule has 0 bridgehead atoms. The van der Waals surface area contributed by atoms with Crippen LogP contribution in [-0.4, -0.2) is 59.7 Å². The van der Waals surface area contributed by atoms with E-state index in [1.165, 1.54) is 28.6 Å². The average molecular weight is 499 g/mol. The van der Waals surface area contributed by atoms with E-state index in [1.807, 2.05) is 0 Å². The molecule has 4 rings (SSSR count). The second-order valence-corrected chi connectivity index (χ2v) is 12.1. The molecule has 0 aliphatic carbocycles. The molecule has 2 fully saturated rings. The highest BCUT2D eigenvalue weighted by atomic mass is 32.2. The smallest absolute Gasteiger partial charge is 0.243 e. The van der Waals surface area contributed by atoms with E-state index in [4.69, 9.17) is 13.9 Å². The lowest BCUT2D eigenvalue weighted by atomic mass is 10.2. The third kappa shape index (κ3) is 6.03. The van der Waals surface area contributed by atoms with E-state index in [0.29, 0.717) is 24.7 Å². The maximum atomic E-state index is 13.4. The second-order valence-electron chi connectivity index (χ2n) is 8.40. The Kier molecular flexibility index (Phi) is 7.56. The summed E-state index contributed by atoms with van der Waals surface area (Å²) in [4.78, 5) is 0.0219. The van der Waals surface area contributed by atoms with Crippen LogP contribution in [0.1, 0.15) is 37.2 Å². The van der Waals surface area contributed by atoms with Crippen molar-refractivity contribution in [2.24, 2.45) is 0 Å². The van der Waals surface area contributed by atoms with Crippen molar-refractivity contribution in [3.8, 4) is 0 Å². The van der Waals surface area contributed by atoms with Gasteiger partial charge in [0.25, 0.3) is 0 Å². The van der Waals surface area contributed by atoms with Gasteiger partial charge in [-0.25, -0.2) is 21.6 Å². The number of nitrogens with zero attached hydrogens (tertiary/aromatic N) is 1. The fourth-order valence-electron chi connectivity index (χ4n) is 4.04. The van der Waals surface area contributed by atoms with Crippen LogP contribution >= 0.6 is 0 Å². The van der Waals surface area contributed by atoms with E-state index < -0.39 is 20.0 Å².